The number of hydrogen-bond donors (Lipinski definition) is 3. The van der Waals surface area contributed by atoms with Gasteiger partial charge in [-0.3, -0.25) is 4.79 Å². The normalized spacial score (nSPS) is 12.2. The number of pyridine rings is 1. The third-order valence-electron chi connectivity index (χ3n) is 5.03. The van der Waals surface area contributed by atoms with E-state index >= 15 is 0 Å². The number of ether oxygens (including phenoxy) is 1. The molecule has 0 aliphatic carbocycles. The molecule has 0 saturated carbocycles. The number of carbonyl (C=O) groups is 2. The summed E-state index contributed by atoms with van der Waals surface area (Å²) in [5.41, 5.74) is 7.58. The maximum absolute atomic E-state index is 13.3. The van der Waals surface area contributed by atoms with Crippen LogP contribution < -0.4 is 16.4 Å². The highest BCUT2D eigenvalue weighted by Gasteiger charge is 2.25. The fourth-order valence-electron chi connectivity index (χ4n) is 3.50. The number of benzene rings is 2. The van der Waals surface area contributed by atoms with Gasteiger partial charge in [-0.1, -0.05) is 48.5 Å². The number of aromatic nitrogens is 1. The molecule has 2 aromatic carbocycles. The van der Waals surface area contributed by atoms with Crippen LogP contribution in [0.2, 0.25) is 0 Å². The lowest BCUT2D eigenvalue weighted by Crippen LogP contribution is -2.39. The van der Waals surface area contributed by atoms with E-state index in [1.54, 1.807) is 26.8 Å². The Balaban J connectivity index is 1.84. The number of carbonyl (C=O) groups excluding carboxylic acids is 2. The first-order valence-electron chi connectivity index (χ1n) is 10.6. The molecule has 1 unspecified atom stereocenters. The average Bonchev–Trinajstić information content (AvgIpc) is 2.72. The van der Waals surface area contributed by atoms with E-state index in [-0.39, 0.29) is 12.5 Å². The summed E-state index contributed by atoms with van der Waals surface area (Å²) in [6.07, 6.45) is -0.561. The van der Waals surface area contributed by atoms with Crippen molar-refractivity contribution in [2.24, 2.45) is 0 Å². The Hall–Kier alpha value is -3.61. The number of aryl methyl sites for hydroxylation is 1. The second kappa shape index (κ2) is 9.68. The maximum Gasteiger partial charge on any atom is 0.407 e. The van der Waals surface area contributed by atoms with Crippen LogP contribution in [0.5, 0.6) is 0 Å². The molecule has 3 rings (SSSR count). The molecule has 4 N–H and O–H groups in total. The van der Waals surface area contributed by atoms with Crippen LogP contribution in [0.15, 0.2) is 54.6 Å². The molecule has 32 heavy (non-hydrogen) atoms. The van der Waals surface area contributed by atoms with E-state index in [2.05, 4.69) is 15.6 Å². The van der Waals surface area contributed by atoms with Gasteiger partial charge in [-0.05, 0) is 55.7 Å². The molecule has 1 atom stereocenters. The van der Waals surface area contributed by atoms with Crippen LogP contribution in [-0.2, 0) is 16.1 Å². The second-order valence-electron chi connectivity index (χ2n) is 8.70. The molecule has 1 aromatic heterocycles. The van der Waals surface area contributed by atoms with Gasteiger partial charge in [0.05, 0.1) is 5.92 Å². The van der Waals surface area contributed by atoms with E-state index in [0.717, 1.165) is 27.6 Å². The Morgan fingerprint density at radius 3 is 2.47 bits per heavy atom. The van der Waals surface area contributed by atoms with Gasteiger partial charge in [-0.2, -0.15) is 0 Å². The topological polar surface area (TPSA) is 106 Å². The minimum atomic E-state index is -0.624. The average molecular weight is 435 g/mol. The summed E-state index contributed by atoms with van der Waals surface area (Å²) in [5, 5.41) is 7.72. The molecular weight excluding hydrogens is 404 g/mol. The van der Waals surface area contributed by atoms with Gasteiger partial charge in [0, 0.05) is 18.8 Å². The fourth-order valence-corrected chi connectivity index (χ4v) is 3.50. The first-order chi connectivity index (χ1) is 15.1. The molecule has 7 heteroatoms. The summed E-state index contributed by atoms with van der Waals surface area (Å²) < 4.78 is 5.35. The second-order valence-corrected chi connectivity index (χ2v) is 8.70. The maximum atomic E-state index is 13.3. The number of anilines is 1. The lowest BCUT2D eigenvalue weighted by Gasteiger charge is -2.23. The van der Waals surface area contributed by atoms with E-state index in [4.69, 9.17) is 10.5 Å². The van der Waals surface area contributed by atoms with Crippen molar-refractivity contribution >= 4 is 28.6 Å². The van der Waals surface area contributed by atoms with Gasteiger partial charge in [-0.25, -0.2) is 9.78 Å². The molecule has 0 bridgehead atoms. The molecule has 168 valence electrons. The molecular formula is C25H30N4O3. The molecule has 0 aliphatic rings. The molecule has 0 radical (unpaired) electrons. The number of alkyl carbamates (subject to hydrolysis) is 1. The summed E-state index contributed by atoms with van der Waals surface area (Å²) in [4.78, 5) is 29.8. The summed E-state index contributed by atoms with van der Waals surface area (Å²) in [5.74, 6) is -0.364. The monoisotopic (exact) mass is 434 g/mol. The van der Waals surface area contributed by atoms with Gasteiger partial charge in [0.1, 0.15) is 11.4 Å². The third kappa shape index (κ3) is 5.97. The van der Waals surface area contributed by atoms with Crippen LogP contribution in [-0.4, -0.2) is 29.1 Å². The number of nitrogens with two attached hydrogens (primary N) is 1. The Kier molecular flexibility index (Phi) is 6.98. The molecule has 0 saturated heterocycles. The van der Waals surface area contributed by atoms with Gasteiger partial charge >= 0.3 is 6.09 Å². The molecule has 0 aliphatic heterocycles. The highest BCUT2D eigenvalue weighted by molar-refractivity contribution is 5.93. The zero-order chi connectivity index (χ0) is 23.3. The quantitative estimate of drug-likeness (QED) is 0.543. The third-order valence-corrected chi connectivity index (χ3v) is 5.03. The van der Waals surface area contributed by atoms with E-state index < -0.39 is 17.6 Å². The smallest absolute Gasteiger partial charge is 0.407 e. The molecule has 7 nitrogen and oxygen atoms in total. The minimum absolute atomic E-state index is 0.105. The van der Waals surface area contributed by atoms with E-state index in [0.29, 0.717) is 12.4 Å². The number of rotatable bonds is 6. The minimum Gasteiger partial charge on any atom is -0.444 e. The number of nitrogens with zero attached hydrogens (tertiary/aromatic N) is 1. The van der Waals surface area contributed by atoms with Crippen LogP contribution in [0.3, 0.4) is 0 Å². The van der Waals surface area contributed by atoms with E-state index in [9.17, 15) is 9.59 Å². The Morgan fingerprint density at radius 1 is 1.03 bits per heavy atom. The van der Waals surface area contributed by atoms with E-state index in [1.165, 1.54) is 0 Å². The standard InChI is InChI=1S/C25H30N4O3/c1-16-18(12-13-22(26)29-16)14-27-23(30)21(15-28-24(31)32-25(2,3)4)20-11-7-9-17-8-5-6-10-19(17)20/h5-13,21H,14-15H2,1-4H3,(H2,26,29)(H,27,30)(H,28,31). The van der Waals surface area contributed by atoms with Gasteiger partial charge in [-0.15, -0.1) is 0 Å². The summed E-state index contributed by atoms with van der Waals surface area (Å²) in [6.45, 7) is 7.66. The van der Waals surface area contributed by atoms with Gasteiger partial charge in [0.15, 0.2) is 0 Å². The molecule has 2 amide bonds. The molecule has 0 spiro atoms. The lowest BCUT2D eigenvalue weighted by atomic mass is 9.92. The summed E-state index contributed by atoms with van der Waals surface area (Å²) >= 11 is 0. The predicted octanol–water partition coefficient (Wildman–Crippen LogP) is 4.05. The van der Waals surface area contributed by atoms with Crippen LogP contribution in [0.4, 0.5) is 10.6 Å². The number of nitrogens with one attached hydrogen (secondary N) is 2. The van der Waals surface area contributed by atoms with Gasteiger partial charge in [0.25, 0.3) is 0 Å². The van der Waals surface area contributed by atoms with Crippen LogP contribution >= 0.6 is 0 Å². The summed E-state index contributed by atoms with van der Waals surface area (Å²) in [6, 6.07) is 17.3. The van der Waals surface area contributed by atoms with Gasteiger partial charge in [0.2, 0.25) is 5.91 Å². The molecule has 1 heterocycles. The first kappa shape index (κ1) is 23.1. The molecule has 3 aromatic rings. The Bertz CT molecular complexity index is 1120. The number of hydrogen-bond acceptors (Lipinski definition) is 5. The van der Waals surface area contributed by atoms with Crippen molar-refractivity contribution in [3.05, 3.63) is 71.4 Å². The van der Waals surface area contributed by atoms with Crippen molar-refractivity contribution in [2.45, 2.75) is 45.8 Å². The van der Waals surface area contributed by atoms with Crippen molar-refractivity contribution in [1.82, 2.24) is 15.6 Å². The van der Waals surface area contributed by atoms with Crippen molar-refractivity contribution < 1.29 is 14.3 Å². The van der Waals surface area contributed by atoms with Crippen molar-refractivity contribution in [3.8, 4) is 0 Å². The zero-order valence-electron chi connectivity index (χ0n) is 18.9. The Morgan fingerprint density at radius 2 is 1.75 bits per heavy atom. The lowest BCUT2D eigenvalue weighted by molar-refractivity contribution is -0.122. The highest BCUT2D eigenvalue weighted by Crippen LogP contribution is 2.26. The van der Waals surface area contributed by atoms with Crippen LogP contribution in [0.1, 0.15) is 43.5 Å². The largest absolute Gasteiger partial charge is 0.444 e. The number of fused-ring (bicyclic) bond motifs is 1. The van der Waals surface area contributed by atoms with Crippen LogP contribution in [0.25, 0.3) is 10.8 Å². The first-order valence-corrected chi connectivity index (χ1v) is 10.6. The summed E-state index contributed by atoms with van der Waals surface area (Å²) in [7, 11) is 0. The zero-order valence-corrected chi connectivity index (χ0v) is 18.9. The van der Waals surface area contributed by atoms with Crippen molar-refractivity contribution in [3.63, 3.8) is 0 Å². The number of amides is 2. The SMILES string of the molecule is Cc1nc(N)ccc1CNC(=O)C(CNC(=O)OC(C)(C)C)c1cccc2ccccc12. The van der Waals surface area contributed by atoms with Crippen molar-refractivity contribution in [1.29, 1.82) is 0 Å². The Labute approximate surface area is 188 Å². The van der Waals surface area contributed by atoms with Crippen LogP contribution in [0, 0.1) is 6.92 Å². The molecule has 0 fully saturated rings. The van der Waals surface area contributed by atoms with E-state index in [1.807, 2.05) is 55.5 Å². The fraction of sp³-hybridized carbons (Fsp3) is 0.320. The van der Waals surface area contributed by atoms with Gasteiger partial charge < -0.3 is 21.1 Å². The number of nitrogen functional groups attached to an aromatic ring is 1. The van der Waals surface area contributed by atoms with Crippen molar-refractivity contribution in [2.75, 3.05) is 12.3 Å². The predicted molar refractivity (Wildman–Crippen MR) is 126 cm³/mol. The highest BCUT2D eigenvalue weighted by atomic mass is 16.6.